The topological polar surface area (TPSA) is 53.7 Å². The lowest BCUT2D eigenvalue weighted by atomic mass is 10.1. The van der Waals surface area contributed by atoms with E-state index < -0.39 is 0 Å². The Kier molecular flexibility index (Phi) is 2.54. The Hall–Kier alpha value is -1.29. The number of likely N-dealkylation sites (tertiary alicyclic amines) is 1. The highest BCUT2D eigenvalue weighted by atomic mass is 16.3. The first-order valence-electron chi connectivity index (χ1n) is 4.70. The molecule has 76 valence electrons. The first-order chi connectivity index (χ1) is 6.79. The van der Waals surface area contributed by atoms with E-state index in [1.807, 2.05) is 6.07 Å². The molecule has 2 heterocycles. The standard InChI is InChI=1S/C10H13NO3/c12-7-8-4-10(13)11(5-8)6-9-2-1-3-14-9/h1-3,8,12H,4-7H2. The molecule has 1 saturated heterocycles. The van der Waals surface area contributed by atoms with Crippen LogP contribution < -0.4 is 0 Å². The van der Waals surface area contributed by atoms with Crippen LogP contribution in [0.4, 0.5) is 0 Å². The Morgan fingerprint density at radius 2 is 2.50 bits per heavy atom. The molecule has 1 unspecified atom stereocenters. The van der Waals surface area contributed by atoms with Gasteiger partial charge >= 0.3 is 0 Å². The molecule has 1 N–H and O–H groups in total. The number of carbonyl (C=O) groups is 1. The van der Waals surface area contributed by atoms with Gasteiger partial charge in [-0.2, -0.15) is 0 Å². The predicted octanol–water partition coefficient (Wildman–Crippen LogP) is 0.620. The van der Waals surface area contributed by atoms with Gasteiger partial charge in [-0.05, 0) is 12.1 Å². The van der Waals surface area contributed by atoms with Crippen LogP contribution in [0.25, 0.3) is 0 Å². The summed E-state index contributed by atoms with van der Waals surface area (Å²) < 4.78 is 5.16. The maximum atomic E-state index is 11.4. The Balaban J connectivity index is 1.96. The summed E-state index contributed by atoms with van der Waals surface area (Å²) in [5.41, 5.74) is 0. The first-order valence-corrected chi connectivity index (χ1v) is 4.70. The Labute approximate surface area is 82.1 Å². The second kappa shape index (κ2) is 3.84. The molecule has 1 amide bonds. The molecule has 0 radical (unpaired) electrons. The zero-order valence-corrected chi connectivity index (χ0v) is 7.85. The maximum Gasteiger partial charge on any atom is 0.223 e. The Bertz CT molecular complexity index is 307. The van der Waals surface area contributed by atoms with Crippen LogP contribution in [-0.4, -0.2) is 29.1 Å². The molecular weight excluding hydrogens is 182 g/mol. The third kappa shape index (κ3) is 1.80. The Morgan fingerprint density at radius 3 is 3.07 bits per heavy atom. The predicted molar refractivity (Wildman–Crippen MR) is 49.3 cm³/mol. The van der Waals surface area contributed by atoms with Gasteiger partial charge in [0.2, 0.25) is 5.91 Å². The maximum absolute atomic E-state index is 11.4. The summed E-state index contributed by atoms with van der Waals surface area (Å²) in [7, 11) is 0. The van der Waals surface area contributed by atoms with Crippen LogP contribution in [0.3, 0.4) is 0 Å². The molecule has 14 heavy (non-hydrogen) atoms. The van der Waals surface area contributed by atoms with Gasteiger partial charge in [-0.25, -0.2) is 0 Å². The SMILES string of the molecule is O=C1CC(CO)CN1Cc1ccco1. The fourth-order valence-electron chi connectivity index (χ4n) is 1.72. The van der Waals surface area contributed by atoms with Gasteiger partial charge in [0.1, 0.15) is 5.76 Å². The van der Waals surface area contributed by atoms with Crippen LogP contribution in [0.15, 0.2) is 22.8 Å². The minimum atomic E-state index is 0.0837. The van der Waals surface area contributed by atoms with Gasteiger partial charge in [-0.1, -0.05) is 0 Å². The Morgan fingerprint density at radius 1 is 1.64 bits per heavy atom. The molecule has 1 fully saturated rings. The van der Waals surface area contributed by atoms with Gasteiger partial charge in [0.05, 0.1) is 12.8 Å². The van der Waals surface area contributed by atoms with Crippen molar-refractivity contribution in [1.82, 2.24) is 4.90 Å². The highest BCUT2D eigenvalue weighted by molar-refractivity contribution is 5.78. The zero-order chi connectivity index (χ0) is 9.97. The van der Waals surface area contributed by atoms with Crippen molar-refractivity contribution in [3.8, 4) is 0 Å². The number of carbonyl (C=O) groups excluding carboxylic acids is 1. The fourth-order valence-corrected chi connectivity index (χ4v) is 1.72. The van der Waals surface area contributed by atoms with Gasteiger partial charge in [-0.3, -0.25) is 4.79 Å². The third-order valence-electron chi connectivity index (χ3n) is 2.48. The van der Waals surface area contributed by atoms with E-state index in [9.17, 15) is 4.79 Å². The summed E-state index contributed by atoms with van der Waals surface area (Å²) in [4.78, 5) is 13.2. The number of aliphatic hydroxyl groups excluding tert-OH is 1. The van der Waals surface area contributed by atoms with Crippen molar-refractivity contribution >= 4 is 5.91 Å². The second-order valence-electron chi connectivity index (χ2n) is 3.61. The second-order valence-corrected chi connectivity index (χ2v) is 3.61. The highest BCUT2D eigenvalue weighted by Crippen LogP contribution is 2.19. The van der Waals surface area contributed by atoms with Crippen molar-refractivity contribution < 1.29 is 14.3 Å². The van der Waals surface area contributed by atoms with Crippen LogP contribution in [-0.2, 0) is 11.3 Å². The molecule has 4 nitrogen and oxygen atoms in total. The quantitative estimate of drug-likeness (QED) is 0.769. The van der Waals surface area contributed by atoms with Crippen molar-refractivity contribution in [1.29, 1.82) is 0 Å². The lowest BCUT2D eigenvalue weighted by Gasteiger charge is -2.14. The number of hydrogen-bond donors (Lipinski definition) is 1. The number of furan rings is 1. The summed E-state index contributed by atoms with van der Waals surface area (Å²) in [5, 5.41) is 8.93. The van der Waals surface area contributed by atoms with Crippen molar-refractivity contribution in [3.63, 3.8) is 0 Å². The van der Waals surface area contributed by atoms with Crippen molar-refractivity contribution in [2.24, 2.45) is 5.92 Å². The van der Waals surface area contributed by atoms with Crippen LogP contribution in [0.2, 0.25) is 0 Å². The summed E-state index contributed by atoms with van der Waals surface area (Å²) in [5.74, 6) is 0.981. The van der Waals surface area contributed by atoms with E-state index in [-0.39, 0.29) is 18.4 Å². The van der Waals surface area contributed by atoms with E-state index in [4.69, 9.17) is 9.52 Å². The van der Waals surface area contributed by atoms with Crippen molar-refractivity contribution in [3.05, 3.63) is 24.2 Å². The normalized spacial score (nSPS) is 21.9. The average molecular weight is 195 g/mol. The molecule has 0 saturated carbocycles. The van der Waals surface area contributed by atoms with Gasteiger partial charge in [0.15, 0.2) is 0 Å². The van der Waals surface area contributed by atoms with Gasteiger partial charge in [0, 0.05) is 25.5 Å². The van der Waals surface area contributed by atoms with Crippen molar-refractivity contribution in [2.75, 3.05) is 13.2 Å². The fraction of sp³-hybridized carbons (Fsp3) is 0.500. The molecular formula is C10H13NO3. The lowest BCUT2D eigenvalue weighted by Crippen LogP contribution is -2.24. The lowest BCUT2D eigenvalue weighted by molar-refractivity contribution is -0.128. The summed E-state index contributed by atoms with van der Waals surface area (Å²) in [6.07, 6.45) is 2.05. The highest BCUT2D eigenvalue weighted by Gasteiger charge is 2.29. The van der Waals surface area contributed by atoms with Crippen LogP contribution in [0, 0.1) is 5.92 Å². The molecule has 0 aliphatic carbocycles. The van der Waals surface area contributed by atoms with E-state index in [2.05, 4.69) is 0 Å². The third-order valence-corrected chi connectivity index (χ3v) is 2.48. The molecule has 0 spiro atoms. The van der Waals surface area contributed by atoms with Gasteiger partial charge in [-0.15, -0.1) is 0 Å². The van der Waals surface area contributed by atoms with Gasteiger partial charge < -0.3 is 14.4 Å². The molecule has 1 aliphatic rings. The largest absolute Gasteiger partial charge is 0.467 e. The summed E-state index contributed by atoms with van der Waals surface area (Å²) in [6.45, 7) is 1.23. The van der Waals surface area contributed by atoms with E-state index in [0.29, 0.717) is 19.5 Å². The first kappa shape index (κ1) is 9.27. The van der Waals surface area contributed by atoms with Crippen molar-refractivity contribution in [2.45, 2.75) is 13.0 Å². The summed E-state index contributed by atoms with van der Waals surface area (Å²) in [6, 6.07) is 3.65. The zero-order valence-electron chi connectivity index (χ0n) is 7.85. The molecule has 1 aliphatic heterocycles. The van der Waals surface area contributed by atoms with Crippen LogP contribution in [0.1, 0.15) is 12.2 Å². The smallest absolute Gasteiger partial charge is 0.223 e. The minimum Gasteiger partial charge on any atom is -0.467 e. The molecule has 2 rings (SSSR count). The summed E-state index contributed by atoms with van der Waals surface area (Å²) >= 11 is 0. The molecule has 0 aromatic carbocycles. The molecule has 4 heteroatoms. The van der Waals surface area contributed by atoms with Crippen LogP contribution in [0.5, 0.6) is 0 Å². The molecule has 1 aromatic heterocycles. The van der Waals surface area contributed by atoms with E-state index in [1.165, 1.54) is 0 Å². The molecule has 1 aromatic rings. The number of aliphatic hydroxyl groups is 1. The minimum absolute atomic E-state index is 0.0837. The molecule has 0 bridgehead atoms. The number of hydrogen-bond acceptors (Lipinski definition) is 3. The molecule has 1 atom stereocenters. The number of amides is 1. The van der Waals surface area contributed by atoms with Crippen LogP contribution >= 0.6 is 0 Å². The monoisotopic (exact) mass is 195 g/mol. The van der Waals surface area contributed by atoms with E-state index in [0.717, 1.165) is 5.76 Å². The average Bonchev–Trinajstić information content (AvgIpc) is 2.78. The van der Waals surface area contributed by atoms with E-state index in [1.54, 1.807) is 17.2 Å². The number of rotatable bonds is 3. The number of nitrogens with zero attached hydrogens (tertiary/aromatic N) is 1. The van der Waals surface area contributed by atoms with Gasteiger partial charge in [0.25, 0.3) is 0 Å². The van der Waals surface area contributed by atoms with E-state index >= 15 is 0 Å².